The molecule has 0 atom stereocenters. The normalized spacial score (nSPS) is 10.7. The molecule has 0 amide bonds. The van der Waals surface area contributed by atoms with E-state index in [1.165, 1.54) is 15.6 Å². The molecule has 1 aromatic heterocycles. The fourth-order valence-electron chi connectivity index (χ4n) is 1.11. The number of hydrogen-bond donors (Lipinski definition) is 0. The highest BCUT2D eigenvalue weighted by Crippen LogP contribution is 2.29. The summed E-state index contributed by atoms with van der Waals surface area (Å²) in [6.45, 7) is 2.09. The van der Waals surface area contributed by atoms with E-state index < -0.39 is 0 Å². The first-order valence-corrected chi connectivity index (χ1v) is 4.61. The zero-order valence-electron chi connectivity index (χ0n) is 6.10. The topological polar surface area (TPSA) is 0 Å². The summed E-state index contributed by atoms with van der Waals surface area (Å²) < 4.78 is 2.14. The molecule has 2 heteroatoms. The predicted molar refractivity (Wildman–Crippen MR) is 51.6 cm³/mol. The summed E-state index contributed by atoms with van der Waals surface area (Å²) in [5, 5.41) is 1.24. The van der Waals surface area contributed by atoms with Crippen LogP contribution >= 0.6 is 22.9 Å². The first-order valence-electron chi connectivity index (χ1n) is 3.41. The van der Waals surface area contributed by atoms with Crippen molar-refractivity contribution in [3.63, 3.8) is 0 Å². The van der Waals surface area contributed by atoms with Crippen molar-refractivity contribution in [1.82, 2.24) is 0 Å². The molecule has 0 nitrogen and oxygen atoms in total. The van der Waals surface area contributed by atoms with Crippen LogP contribution in [0.1, 0.15) is 5.56 Å². The van der Waals surface area contributed by atoms with Crippen molar-refractivity contribution in [2.75, 3.05) is 0 Å². The fourth-order valence-corrected chi connectivity index (χ4v) is 2.36. The van der Waals surface area contributed by atoms with Crippen LogP contribution in [0.2, 0.25) is 4.34 Å². The van der Waals surface area contributed by atoms with Crippen molar-refractivity contribution in [1.29, 1.82) is 0 Å². The van der Waals surface area contributed by atoms with Gasteiger partial charge >= 0.3 is 0 Å². The number of thiophene rings is 1. The summed E-state index contributed by atoms with van der Waals surface area (Å²) in [7, 11) is 0. The van der Waals surface area contributed by atoms with Gasteiger partial charge in [0.25, 0.3) is 0 Å². The second kappa shape index (κ2) is 2.50. The van der Waals surface area contributed by atoms with Gasteiger partial charge in [0.1, 0.15) is 0 Å². The highest BCUT2D eigenvalue weighted by atomic mass is 35.5. The molecule has 0 N–H and O–H groups in total. The van der Waals surface area contributed by atoms with Crippen LogP contribution < -0.4 is 0 Å². The van der Waals surface area contributed by atoms with Crippen molar-refractivity contribution < 1.29 is 0 Å². The van der Waals surface area contributed by atoms with E-state index >= 15 is 0 Å². The Labute approximate surface area is 74.4 Å². The minimum atomic E-state index is 0.866. The van der Waals surface area contributed by atoms with Crippen molar-refractivity contribution >= 4 is 33.0 Å². The highest BCUT2D eigenvalue weighted by Gasteiger charge is 1.97. The molecular formula is C9H7ClS. The van der Waals surface area contributed by atoms with Gasteiger partial charge in [-0.25, -0.2) is 0 Å². The van der Waals surface area contributed by atoms with Gasteiger partial charge in [0.15, 0.2) is 0 Å². The Morgan fingerprint density at radius 2 is 2.09 bits per heavy atom. The van der Waals surface area contributed by atoms with Crippen LogP contribution in [0.4, 0.5) is 0 Å². The van der Waals surface area contributed by atoms with Crippen molar-refractivity contribution in [2.45, 2.75) is 6.92 Å². The molecule has 0 aliphatic heterocycles. The molecule has 2 aromatic rings. The lowest BCUT2D eigenvalue weighted by molar-refractivity contribution is 1.52. The van der Waals surface area contributed by atoms with Crippen LogP contribution in [-0.2, 0) is 0 Å². The smallest absolute Gasteiger partial charge is 0.0940 e. The zero-order valence-corrected chi connectivity index (χ0v) is 7.67. The number of benzene rings is 1. The van der Waals surface area contributed by atoms with E-state index in [4.69, 9.17) is 11.6 Å². The number of hydrogen-bond acceptors (Lipinski definition) is 1. The van der Waals surface area contributed by atoms with Crippen molar-refractivity contribution in [3.8, 4) is 0 Å². The van der Waals surface area contributed by atoms with E-state index in [-0.39, 0.29) is 0 Å². The Kier molecular flexibility index (Phi) is 1.63. The minimum absolute atomic E-state index is 0.866. The fraction of sp³-hybridized carbons (Fsp3) is 0.111. The van der Waals surface area contributed by atoms with Crippen LogP contribution in [0, 0.1) is 6.92 Å². The maximum atomic E-state index is 5.85. The van der Waals surface area contributed by atoms with E-state index in [1.54, 1.807) is 11.3 Å². The lowest BCUT2D eigenvalue weighted by atomic mass is 10.2. The Morgan fingerprint density at radius 3 is 2.91 bits per heavy atom. The molecule has 0 aliphatic carbocycles. The van der Waals surface area contributed by atoms with Crippen LogP contribution in [-0.4, -0.2) is 0 Å². The van der Waals surface area contributed by atoms with Gasteiger partial charge in [0.2, 0.25) is 0 Å². The van der Waals surface area contributed by atoms with E-state index in [0.717, 1.165) is 4.34 Å². The maximum Gasteiger partial charge on any atom is 0.0940 e. The van der Waals surface area contributed by atoms with Gasteiger partial charge in [-0.05, 0) is 30.0 Å². The molecule has 56 valence electrons. The first-order chi connectivity index (χ1) is 5.25. The molecule has 0 fully saturated rings. The van der Waals surface area contributed by atoms with E-state index in [1.807, 2.05) is 6.07 Å². The van der Waals surface area contributed by atoms with Gasteiger partial charge in [0.05, 0.1) is 4.34 Å². The van der Waals surface area contributed by atoms with Crippen LogP contribution in [0.25, 0.3) is 10.1 Å². The summed E-state index contributed by atoms with van der Waals surface area (Å²) in [6.07, 6.45) is 0. The molecular weight excluding hydrogens is 176 g/mol. The standard InChI is InChI=1S/C9H7ClS/c1-6-2-3-7-5-9(10)11-8(7)4-6/h2-5H,1H3. The summed E-state index contributed by atoms with van der Waals surface area (Å²) in [6, 6.07) is 8.37. The van der Waals surface area contributed by atoms with E-state index in [9.17, 15) is 0 Å². The van der Waals surface area contributed by atoms with Crippen LogP contribution in [0.3, 0.4) is 0 Å². The predicted octanol–water partition coefficient (Wildman–Crippen LogP) is 3.86. The molecule has 0 spiro atoms. The number of fused-ring (bicyclic) bond motifs is 1. The van der Waals surface area contributed by atoms with Gasteiger partial charge in [-0.1, -0.05) is 23.7 Å². The third kappa shape index (κ3) is 1.26. The van der Waals surface area contributed by atoms with Gasteiger partial charge in [-0.15, -0.1) is 11.3 Å². The van der Waals surface area contributed by atoms with Gasteiger partial charge in [-0.3, -0.25) is 0 Å². The molecule has 1 aromatic carbocycles. The molecule has 0 aliphatic rings. The SMILES string of the molecule is Cc1ccc2cc(Cl)sc2c1. The molecule has 11 heavy (non-hydrogen) atoms. The molecule has 1 heterocycles. The number of rotatable bonds is 0. The van der Waals surface area contributed by atoms with Gasteiger partial charge in [-0.2, -0.15) is 0 Å². The zero-order chi connectivity index (χ0) is 7.84. The molecule has 2 rings (SSSR count). The van der Waals surface area contributed by atoms with Gasteiger partial charge in [0, 0.05) is 4.70 Å². The largest absolute Gasteiger partial charge is 0.123 e. The highest BCUT2D eigenvalue weighted by molar-refractivity contribution is 7.22. The van der Waals surface area contributed by atoms with E-state index in [0.29, 0.717) is 0 Å². The summed E-state index contributed by atoms with van der Waals surface area (Å²) in [5.41, 5.74) is 1.29. The van der Waals surface area contributed by atoms with Crippen LogP contribution in [0.5, 0.6) is 0 Å². The Hall–Kier alpha value is -0.530. The van der Waals surface area contributed by atoms with Crippen molar-refractivity contribution in [2.24, 2.45) is 0 Å². The lowest BCUT2D eigenvalue weighted by Crippen LogP contribution is -1.66. The minimum Gasteiger partial charge on any atom is -0.123 e. The van der Waals surface area contributed by atoms with Crippen molar-refractivity contribution in [3.05, 3.63) is 34.2 Å². The Balaban J connectivity index is 2.82. The molecule has 0 saturated carbocycles. The monoisotopic (exact) mass is 182 g/mol. The van der Waals surface area contributed by atoms with E-state index in [2.05, 4.69) is 25.1 Å². The summed E-state index contributed by atoms with van der Waals surface area (Å²) in [5.74, 6) is 0. The number of aryl methyl sites for hydroxylation is 1. The Morgan fingerprint density at radius 1 is 1.27 bits per heavy atom. The maximum absolute atomic E-state index is 5.85. The van der Waals surface area contributed by atoms with Crippen LogP contribution in [0.15, 0.2) is 24.3 Å². The second-order valence-corrected chi connectivity index (χ2v) is 4.31. The quantitative estimate of drug-likeness (QED) is 0.581. The summed E-state index contributed by atoms with van der Waals surface area (Å²) >= 11 is 7.49. The Bertz CT molecular complexity index is 389. The lowest BCUT2D eigenvalue weighted by Gasteiger charge is -1.89. The third-order valence-corrected chi connectivity index (χ3v) is 2.87. The second-order valence-electron chi connectivity index (χ2n) is 2.59. The number of halogens is 1. The summed E-state index contributed by atoms with van der Waals surface area (Å²) in [4.78, 5) is 0. The molecule has 0 unspecified atom stereocenters. The third-order valence-electron chi connectivity index (χ3n) is 1.65. The molecule has 0 bridgehead atoms. The van der Waals surface area contributed by atoms with Gasteiger partial charge < -0.3 is 0 Å². The molecule has 0 radical (unpaired) electrons. The molecule has 0 saturated heterocycles. The first kappa shape index (κ1) is 7.14. The average molecular weight is 183 g/mol. The average Bonchev–Trinajstić information content (AvgIpc) is 2.27.